The Balaban J connectivity index is 2.16. The fourth-order valence-electron chi connectivity index (χ4n) is 1.68. The zero-order valence-corrected chi connectivity index (χ0v) is 11.4. The maximum atomic E-state index is 11.7. The third-order valence-electron chi connectivity index (χ3n) is 2.75. The fraction of sp³-hybridized carbons (Fsp3) is 0.214. The Hall–Kier alpha value is -2.63. The van der Waals surface area contributed by atoms with Crippen molar-refractivity contribution in [3.63, 3.8) is 0 Å². The number of nitrogens with two attached hydrogens (primary N) is 1. The minimum atomic E-state index is -0.477. The van der Waals surface area contributed by atoms with Gasteiger partial charge in [0.15, 0.2) is 0 Å². The zero-order chi connectivity index (χ0) is 14.5. The molecule has 6 nitrogen and oxygen atoms in total. The predicted octanol–water partition coefficient (Wildman–Crippen LogP) is 1.77. The lowest BCUT2D eigenvalue weighted by Crippen LogP contribution is -2.11. The molecular weight excluding hydrogens is 256 g/mol. The minimum Gasteiger partial charge on any atom is -0.465 e. The van der Waals surface area contributed by atoms with Crippen LogP contribution in [0.1, 0.15) is 21.6 Å². The van der Waals surface area contributed by atoms with E-state index < -0.39 is 5.97 Å². The summed E-state index contributed by atoms with van der Waals surface area (Å²) in [5.41, 5.74) is 8.30. The second kappa shape index (κ2) is 6.01. The Morgan fingerprint density at radius 3 is 2.80 bits per heavy atom. The van der Waals surface area contributed by atoms with Crippen molar-refractivity contribution >= 4 is 17.5 Å². The number of rotatable bonds is 4. The van der Waals surface area contributed by atoms with Crippen molar-refractivity contribution in [2.45, 2.75) is 13.5 Å². The molecule has 2 heterocycles. The van der Waals surface area contributed by atoms with Gasteiger partial charge in [-0.2, -0.15) is 0 Å². The van der Waals surface area contributed by atoms with E-state index in [9.17, 15) is 4.79 Å². The van der Waals surface area contributed by atoms with E-state index in [1.165, 1.54) is 19.4 Å². The number of aryl methyl sites for hydroxylation is 1. The first-order chi connectivity index (χ1) is 9.60. The lowest BCUT2D eigenvalue weighted by atomic mass is 10.2. The van der Waals surface area contributed by atoms with E-state index in [1.54, 1.807) is 6.20 Å². The van der Waals surface area contributed by atoms with Crippen LogP contribution < -0.4 is 11.1 Å². The van der Waals surface area contributed by atoms with Crippen molar-refractivity contribution in [1.29, 1.82) is 0 Å². The van der Waals surface area contributed by atoms with E-state index >= 15 is 0 Å². The predicted molar refractivity (Wildman–Crippen MR) is 76.3 cm³/mol. The average molecular weight is 272 g/mol. The van der Waals surface area contributed by atoms with E-state index in [-0.39, 0.29) is 0 Å². The molecule has 0 aliphatic rings. The summed E-state index contributed by atoms with van der Waals surface area (Å²) in [6.07, 6.45) is 3.26. The molecule has 0 aliphatic heterocycles. The van der Waals surface area contributed by atoms with Gasteiger partial charge in [-0.3, -0.25) is 4.98 Å². The number of nitrogen functional groups attached to an aromatic ring is 1. The molecule has 2 aromatic heterocycles. The molecule has 0 saturated heterocycles. The maximum absolute atomic E-state index is 11.7. The number of pyridine rings is 2. The summed E-state index contributed by atoms with van der Waals surface area (Å²) in [5, 5.41) is 3.08. The summed E-state index contributed by atoms with van der Waals surface area (Å²) in [6, 6.07) is 5.42. The Bertz CT molecular complexity index is 611. The van der Waals surface area contributed by atoms with Gasteiger partial charge >= 0.3 is 5.97 Å². The number of methoxy groups -OCH3 is 1. The second-order valence-corrected chi connectivity index (χ2v) is 4.32. The summed E-state index contributed by atoms with van der Waals surface area (Å²) in [6.45, 7) is 2.43. The molecule has 0 unspecified atom stereocenters. The number of carbonyl (C=O) groups is 1. The van der Waals surface area contributed by atoms with Gasteiger partial charge in [-0.15, -0.1) is 0 Å². The lowest BCUT2D eigenvalue weighted by molar-refractivity contribution is 0.0601. The molecular formula is C14H16N4O2. The standard InChI is InChI=1S/C14H16N4O2/c1-9-3-4-10(6-16-9)7-17-13-12(14(19)20-2)5-11(15)8-18-13/h3-6,8H,7,15H2,1-2H3,(H,17,18). The molecule has 3 N–H and O–H groups in total. The summed E-state index contributed by atoms with van der Waals surface area (Å²) in [4.78, 5) is 20.0. The highest BCUT2D eigenvalue weighted by atomic mass is 16.5. The number of anilines is 2. The number of esters is 1. The van der Waals surface area contributed by atoms with Gasteiger partial charge in [0, 0.05) is 18.4 Å². The number of carbonyl (C=O) groups excluding carboxylic acids is 1. The molecule has 0 aliphatic carbocycles. The largest absolute Gasteiger partial charge is 0.465 e. The molecule has 2 aromatic rings. The van der Waals surface area contributed by atoms with Crippen LogP contribution in [0.2, 0.25) is 0 Å². The highest BCUT2D eigenvalue weighted by Gasteiger charge is 2.13. The molecule has 20 heavy (non-hydrogen) atoms. The normalized spacial score (nSPS) is 10.1. The minimum absolute atomic E-state index is 0.313. The molecule has 0 bridgehead atoms. The number of hydrogen-bond donors (Lipinski definition) is 2. The Morgan fingerprint density at radius 1 is 1.35 bits per heavy atom. The zero-order valence-electron chi connectivity index (χ0n) is 11.4. The van der Waals surface area contributed by atoms with Crippen LogP contribution in [0.15, 0.2) is 30.6 Å². The van der Waals surface area contributed by atoms with E-state index in [0.717, 1.165) is 11.3 Å². The number of nitrogens with one attached hydrogen (secondary N) is 1. The molecule has 0 spiro atoms. The van der Waals surface area contributed by atoms with Crippen LogP contribution in [-0.4, -0.2) is 23.0 Å². The van der Waals surface area contributed by atoms with Gasteiger partial charge in [0.25, 0.3) is 0 Å². The summed E-state index contributed by atoms with van der Waals surface area (Å²) in [5.74, 6) is -0.0408. The van der Waals surface area contributed by atoms with Gasteiger partial charge in [0.2, 0.25) is 0 Å². The van der Waals surface area contributed by atoms with Crippen molar-refractivity contribution < 1.29 is 9.53 Å². The van der Waals surface area contributed by atoms with Gasteiger partial charge in [-0.1, -0.05) is 6.07 Å². The van der Waals surface area contributed by atoms with Gasteiger partial charge in [-0.05, 0) is 24.6 Å². The monoisotopic (exact) mass is 272 g/mol. The second-order valence-electron chi connectivity index (χ2n) is 4.32. The lowest BCUT2D eigenvalue weighted by Gasteiger charge is -2.10. The van der Waals surface area contributed by atoms with Crippen molar-refractivity contribution in [2.75, 3.05) is 18.2 Å². The fourth-order valence-corrected chi connectivity index (χ4v) is 1.68. The van der Waals surface area contributed by atoms with Crippen molar-refractivity contribution in [2.24, 2.45) is 0 Å². The van der Waals surface area contributed by atoms with Crippen molar-refractivity contribution in [3.8, 4) is 0 Å². The number of nitrogens with zero attached hydrogens (tertiary/aromatic N) is 2. The van der Waals surface area contributed by atoms with Crippen LogP contribution in [0.3, 0.4) is 0 Å². The summed E-state index contributed by atoms with van der Waals surface area (Å²) >= 11 is 0. The molecule has 0 fully saturated rings. The molecule has 0 radical (unpaired) electrons. The quantitative estimate of drug-likeness (QED) is 0.824. The van der Waals surface area contributed by atoms with Gasteiger partial charge in [0.1, 0.15) is 11.4 Å². The van der Waals surface area contributed by atoms with Crippen molar-refractivity contribution in [3.05, 3.63) is 47.4 Å². The molecule has 0 aromatic carbocycles. The van der Waals surface area contributed by atoms with Gasteiger partial charge < -0.3 is 15.8 Å². The first-order valence-corrected chi connectivity index (χ1v) is 6.09. The Labute approximate surface area is 117 Å². The Kier molecular flexibility index (Phi) is 4.14. The summed E-state index contributed by atoms with van der Waals surface area (Å²) < 4.78 is 4.71. The van der Waals surface area contributed by atoms with E-state index in [4.69, 9.17) is 10.5 Å². The van der Waals surface area contributed by atoms with Crippen LogP contribution in [0.5, 0.6) is 0 Å². The van der Waals surface area contributed by atoms with Crippen LogP contribution in [0.4, 0.5) is 11.5 Å². The molecule has 0 atom stereocenters. The molecule has 0 saturated carbocycles. The third-order valence-corrected chi connectivity index (χ3v) is 2.75. The van der Waals surface area contributed by atoms with Gasteiger partial charge in [-0.25, -0.2) is 9.78 Å². The molecule has 2 rings (SSSR count). The van der Waals surface area contributed by atoms with E-state index in [0.29, 0.717) is 23.6 Å². The molecule has 6 heteroatoms. The number of aromatic nitrogens is 2. The topological polar surface area (TPSA) is 90.1 Å². The first-order valence-electron chi connectivity index (χ1n) is 6.09. The van der Waals surface area contributed by atoms with Gasteiger partial charge in [0.05, 0.1) is 19.0 Å². The highest BCUT2D eigenvalue weighted by Crippen LogP contribution is 2.17. The van der Waals surface area contributed by atoms with E-state index in [1.807, 2.05) is 19.1 Å². The van der Waals surface area contributed by atoms with Crippen LogP contribution >= 0.6 is 0 Å². The summed E-state index contributed by atoms with van der Waals surface area (Å²) in [7, 11) is 1.32. The maximum Gasteiger partial charge on any atom is 0.341 e. The SMILES string of the molecule is COC(=O)c1cc(N)cnc1NCc1ccc(C)nc1. The Morgan fingerprint density at radius 2 is 2.15 bits per heavy atom. The molecule has 104 valence electrons. The van der Waals surface area contributed by atoms with Crippen molar-refractivity contribution in [1.82, 2.24) is 9.97 Å². The third kappa shape index (κ3) is 3.23. The molecule has 0 amide bonds. The average Bonchev–Trinajstić information content (AvgIpc) is 2.46. The van der Waals surface area contributed by atoms with Crippen LogP contribution in [0, 0.1) is 6.92 Å². The number of ether oxygens (including phenoxy) is 1. The smallest absolute Gasteiger partial charge is 0.341 e. The first kappa shape index (κ1) is 13.8. The van der Waals surface area contributed by atoms with Crippen LogP contribution in [0.25, 0.3) is 0 Å². The van der Waals surface area contributed by atoms with Crippen LogP contribution in [-0.2, 0) is 11.3 Å². The number of hydrogen-bond acceptors (Lipinski definition) is 6. The highest BCUT2D eigenvalue weighted by molar-refractivity contribution is 5.95. The van der Waals surface area contributed by atoms with E-state index in [2.05, 4.69) is 15.3 Å².